The van der Waals surface area contributed by atoms with E-state index in [4.69, 9.17) is 17.3 Å². The van der Waals surface area contributed by atoms with Crippen LogP contribution in [0.15, 0.2) is 35.6 Å². The van der Waals surface area contributed by atoms with Crippen molar-refractivity contribution in [1.82, 2.24) is 14.4 Å². The van der Waals surface area contributed by atoms with Crippen LogP contribution in [0.1, 0.15) is 23.1 Å². The number of rotatable bonds is 4. The molecule has 0 bridgehead atoms. The van der Waals surface area contributed by atoms with Gasteiger partial charge >= 0.3 is 6.18 Å². The van der Waals surface area contributed by atoms with Crippen LogP contribution >= 0.6 is 23.4 Å². The largest absolute Gasteiger partial charge is 0.433 e. The number of nitrogens with two attached hydrogens (primary N) is 1. The van der Waals surface area contributed by atoms with Crippen molar-refractivity contribution in [2.75, 3.05) is 16.8 Å². The number of amides is 1. The fraction of sp³-hybridized carbons (Fsp3) is 0.188. The molecule has 27 heavy (non-hydrogen) atoms. The van der Waals surface area contributed by atoms with Gasteiger partial charge in [-0.1, -0.05) is 18.5 Å². The number of nitrogen functional groups attached to an aromatic ring is 1. The molecular formula is C16H13ClF3N5OS. The number of anilines is 2. The molecule has 142 valence electrons. The van der Waals surface area contributed by atoms with E-state index in [9.17, 15) is 18.0 Å². The highest BCUT2D eigenvalue weighted by atomic mass is 35.5. The fourth-order valence-electron chi connectivity index (χ4n) is 2.33. The van der Waals surface area contributed by atoms with E-state index in [1.54, 1.807) is 22.7 Å². The summed E-state index contributed by atoms with van der Waals surface area (Å²) >= 11 is 7.32. The Balaban J connectivity index is 2.01. The molecule has 0 unspecified atom stereocenters. The molecule has 0 saturated carbocycles. The van der Waals surface area contributed by atoms with E-state index >= 15 is 0 Å². The number of thioether (sulfide) groups is 1. The molecule has 3 N–H and O–H groups in total. The number of carbonyl (C=O) groups is 1. The molecule has 0 aliphatic heterocycles. The monoisotopic (exact) mass is 415 g/mol. The first-order chi connectivity index (χ1) is 12.7. The zero-order valence-electron chi connectivity index (χ0n) is 13.8. The van der Waals surface area contributed by atoms with Crippen molar-refractivity contribution in [3.63, 3.8) is 0 Å². The molecule has 3 aromatic heterocycles. The Morgan fingerprint density at radius 1 is 1.41 bits per heavy atom. The van der Waals surface area contributed by atoms with Crippen LogP contribution in [-0.4, -0.2) is 26.0 Å². The maximum atomic E-state index is 12.9. The third-order valence-corrected chi connectivity index (χ3v) is 4.70. The Hall–Kier alpha value is -2.46. The van der Waals surface area contributed by atoms with Crippen LogP contribution in [0.5, 0.6) is 0 Å². The summed E-state index contributed by atoms with van der Waals surface area (Å²) in [6.45, 7) is 1.90. The highest BCUT2D eigenvalue weighted by Crippen LogP contribution is 2.32. The van der Waals surface area contributed by atoms with Gasteiger partial charge in [-0.15, -0.1) is 11.8 Å². The van der Waals surface area contributed by atoms with Gasteiger partial charge in [0.05, 0.1) is 17.6 Å². The van der Waals surface area contributed by atoms with Crippen LogP contribution in [0.2, 0.25) is 5.02 Å². The maximum absolute atomic E-state index is 12.9. The molecule has 0 atom stereocenters. The lowest BCUT2D eigenvalue weighted by Gasteiger charge is -2.11. The van der Waals surface area contributed by atoms with E-state index in [1.807, 2.05) is 6.92 Å². The molecule has 0 aliphatic rings. The average Bonchev–Trinajstić information content (AvgIpc) is 2.94. The topological polar surface area (TPSA) is 85.3 Å². The number of pyridine rings is 2. The van der Waals surface area contributed by atoms with Gasteiger partial charge in [-0.3, -0.25) is 9.20 Å². The lowest BCUT2D eigenvalue weighted by atomic mass is 10.2. The smallest absolute Gasteiger partial charge is 0.396 e. The minimum absolute atomic E-state index is 0.0638. The Bertz CT molecular complexity index is 1020. The van der Waals surface area contributed by atoms with Gasteiger partial charge in [-0.2, -0.15) is 13.2 Å². The summed E-state index contributed by atoms with van der Waals surface area (Å²) < 4.78 is 40.2. The van der Waals surface area contributed by atoms with E-state index < -0.39 is 17.8 Å². The van der Waals surface area contributed by atoms with Gasteiger partial charge in [-0.25, -0.2) is 9.97 Å². The van der Waals surface area contributed by atoms with Crippen LogP contribution in [0, 0.1) is 0 Å². The Morgan fingerprint density at radius 3 is 2.81 bits per heavy atom. The lowest BCUT2D eigenvalue weighted by Crippen LogP contribution is -2.17. The molecule has 0 aromatic carbocycles. The van der Waals surface area contributed by atoms with E-state index in [0.29, 0.717) is 27.5 Å². The molecule has 0 saturated heterocycles. The quantitative estimate of drug-likeness (QED) is 0.619. The first-order valence-corrected chi connectivity index (χ1v) is 9.01. The first-order valence-electron chi connectivity index (χ1n) is 7.65. The Labute approximate surface area is 160 Å². The molecule has 3 heterocycles. The second-order valence-corrected chi connectivity index (χ2v) is 7.07. The zero-order valence-corrected chi connectivity index (χ0v) is 15.4. The number of carbonyl (C=O) groups excluding carboxylic acids is 1. The summed E-state index contributed by atoms with van der Waals surface area (Å²) in [4.78, 5) is 20.2. The third kappa shape index (κ3) is 3.96. The Kier molecular flexibility index (Phi) is 5.20. The maximum Gasteiger partial charge on any atom is 0.433 e. The summed E-state index contributed by atoms with van der Waals surface area (Å²) in [5, 5.41) is 3.38. The molecule has 6 nitrogen and oxygen atoms in total. The number of alkyl halides is 3. The normalized spacial score (nSPS) is 11.7. The van der Waals surface area contributed by atoms with Crippen LogP contribution in [0.4, 0.5) is 24.5 Å². The van der Waals surface area contributed by atoms with Gasteiger partial charge < -0.3 is 11.1 Å². The van der Waals surface area contributed by atoms with Crippen LogP contribution in [0.25, 0.3) is 5.65 Å². The van der Waals surface area contributed by atoms with Crippen LogP contribution < -0.4 is 11.1 Å². The van der Waals surface area contributed by atoms with Crippen molar-refractivity contribution in [1.29, 1.82) is 0 Å². The van der Waals surface area contributed by atoms with Crippen molar-refractivity contribution in [3.05, 3.63) is 47.0 Å². The molecule has 0 fully saturated rings. The standard InChI is InChI=1S/C16H13ClF3N5OS/c1-2-27-15-13(24-12-5-8(17)3-4-25(12)15)14(26)23-10-6-11(16(18,19)20)22-7-9(10)21/h3-7H,2,21H2,1H3,(H,22,23,26). The number of imidazole rings is 1. The summed E-state index contributed by atoms with van der Waals surface area (Å²) in [6.07, 6.45) is -2.14. The lowest BCUT2D eigenvalue weighted by molar-refractivity contribution is -0.141. The van der Waals surface area contributed by atoms with Crippen LogP contribution in [0.3, 0.4) is 0 Å². The van der Waals surface area contributed by atoms with E-state index in [-0.39, 0.29) is 17.1 Å². The fourth-order valence-corrected chi connectivity index (χ4v) is 3.33. The second-order valence-electron chi connectivity index (χ2n) is 5.38. The number of hydrogen-bond donors (Lipinski definition) is 2. The van der Waals surface area contributed by atoms with E-state index in [0.717, 1.165) is 6.20 Å². The summed E-state index contributed by atoms with van der Waals surface area (Å²) in [6, 6.07) is 3.92. The number of aromatic nitrogens is 3. The van der Waals surface area contributed by atoms with E-state index in [1.165, 1.54) is 11.8 Å². The molecule has 0 spiro atoms. The summed E-state index contributed by atoms with van der Waals surface area (Å²) in [5.41, 5.74) is 4.73. The third-order valence-electron chi connectivity index (χ3n) is 3.51. The average molecular weight is 416 g/mol. The van der Waals surface area contributed by atoms with Crippen LogP contribution in [-0.2, 0) is 6.18 Å². The first kappa shape index (κ1) is 19.3. The number of fused-ring (bicyclic) bond motifs is 1. The van der Waals surface area contributed by atoms with Crippen molar-refractivity contribution in [2.45, 2.75) is 18.1 Å². The highest BCUT2D eigenvalue weighted by molar-refractivity contribution is 7.99. The number of nitrogens with zero attached hydrogens (tertiary/aromatic N) is 3. The van der Waals surface area contributed by atoms with Crippen molar-refractivity contribution in [2.24, 2.45) is 0 Å². The van der Waals surface area contributed by atoms with Gasteiger partial charge in [0.2, 0.25) is 0 Å². The molecule has 0 aliphatic carbocycles. The number of hydrogen-bond acceptors (Lipinski definition) is 5. The predicted molar refractivity (Wildman–Crippen MR) is 98.2 cm³/mol. The molecule has 11 heteroatoms. The molecule has 0 radical (unpaired) electrons. The minimum Gasteiger partial charge on any atom is -0.396 e. The summed E-state index contributed by atoms with van der Waals surface area (Å²) in [5.74, 6) is -0.0245. The minimum atomic E-state index is -4.66. The number of halogens is 4. The number of nitrogens with one attached hydrogen (secondary N) is 1. The SMILES string of the molecule is CCSc1c(C(=O)Nc2cc(C(F)(F)F)ncc2N)nc2cc(Cl)ccn12. The van der Waals surface area contributed by atoms with Gasteiger partial charge in [0.15, 0.2) is 5.69 Å². The van der Waals surface area contributed by atoms with Crippen molar-refractivity contribution in [3.8, 4) is 0 Å². The van der Waals surface area contributed by atoms with Crippen molar-refractivity contribution >= 4 is 46.3 Å². The Morgan fingerprint density at radius 2 is 2.15 bits per heavy atom. The predicted octanol–water partition coefficient (Wildman–Crippen LogP) is 4.35. The molecular weight excluding hydrogens is 403 g/mol. The van der Waals surface area contributed by atoms with Gasteiger partial charge in [0.25, 0.3) is 5.91 Å². The molecule has 3 aromatic rings. The second kappa shape index (κ2) is 7.28. The summed E-state index contributed by atoms with van der Waals surface area (Å²) in [7, 11) is 0. The zero-order chi connectivity index (χ0) is 19.8. The molecule has 1 amide bonds. The van der Waals surface area contributed by atoms with Gasteiger partial charge in [0, 0.05) is 17.3 Å². The molecule has 3 rings (SSSR count). The highest BCUT2D eigenvalue weighted by Gasteiger charge is 2.33. The van der Waals surface area contributed by atoms with Crippen molar-refractivity contribution < 1.29 is 18.0 Å². The van der Waals surface area contributed by atoms with Gasteiger partial charge in [-0.05, 0) is 17.9 Å². The van der Waals surface area contributed by atoms with Gasteiger partial charge in [0.1, 0.15) is 16.4 Å². The van der Waals surface area contributed by atoms with E-state index in [2.05, 4.69) is 15.3 Å².